The highest BCUT2D eigenvalue weighted by molar-refractivity contribution is 7.80. The normalized spacial score (nSPS) is 31.9. The van der Waals surface area contributed by atoms with E-state index >= 15 is 0 Å². The highest BCUT2D eigenvalue weighted by Crippen LogP contribution is 2.55. The van der Waals surface area contributed by atoms with Crippen LogP contribution in [-0.2, 0) is 19.3 Å². The molecule has 3 heteroatoms. The molecule has 4 aliphatic carbocycles. The second kappa shape index (κ2) is 7.14. The second-order valence-corrected chi connectivity index (χ2v) is 9.53. The average molecular weight is 371 g/mol. The number of benzene rings is 1. The highest BCUT2D eigenvalue weighted by atomic mass is 32.1. The van der Waals surface area contributed by atoms with Crippen LogP contribution in [0.2, 0.25) is 0 Å². The lowest BCUT2D eigenvalue weighted by atomic mass is 9.53. The second-order valence-electron chi connectivity index (χ2n) is 9.13. The Kier molecular flexibility index (Phi) is 5.02. The zero-order valence-corrected chi connectivity index (χ0v) is 17.5. The molecular weight excluding hydrogens is 336 g/mol. The largest absolute Gasteiger partial charge is 0.357 e. The minimum atomic E-state index is 0.279. The van der Waals surface area contributed by atoms with Crippen molar-refractivity contribution >= 4 is 23.0 Å². The molecule has 2 N–H and O–H groups in total. The van der Waals surface area contributed by atoms with Crippen molar-refractivity contribution in [3.8, 4) is 0 Å². The summed E-state index contributed by atoms with van der Waals surface area (Å²) in [7, 11) is 0. The molecule has 2 nitrogen and oxygen atoms in total. The number of hydrogen-bond acceptors (Lipinski definition) is 1. The standard InChI is InChI=1S/C23H34N2S/c1-4-15-10-19(5-2)21(20(6-3)11-15)24-22(26)25-23-12-16-7-17(13-23)9-18(8-16)14-23/h10-11,16-18H,4-9,12-14H2,1-3H3,(H2,24,25,26). The molecule has 142 valence electrons. The Balaban J connectivity index is 1.52. The molecule has 4 saturated carbocycles. The number of thiocarbonyl (C=S) groups is 1. The molecule has 0 spiro atoms. The predicted octanol–water partition coefficient (Wildman–Crippen LogP) is 5.63. The van der Waals surface area contributed by atoms with Crippen molar-refractivity contribution in [1.82, 2.24) is 5.32 Å². The van der Waals surface area contributed by atoms with Crippen molar-refractivity contribution in [3.63, 3.8) is 0 Å². The smallest absolute Gasteiger partial charge is 0.171 e. The molecule has 1 aromatic carbocycles. The van der Waals surface area contributed by atoms with Gasteiger partial charge < -0.3 is 10.6 Å². The first-order valence-corrected chi connectivity index (χ1v) is 11.2. The molecule has 0 aliphatic heterocycles. The van der Waals surface area contributed by atoms with Crippen molar-refractivity contribution in [2.45, 2.75) is 84.1 Å². The Labute approximate surface area is 164 Å². The van der Waals surface area contributed by atoms with E-state index in [-0.39, 0.29) is 5.54 Å². The van der Waals surface area contributed by atoms with Crippen molar-refractivity contribution < 1.29 is 0 Å². The lowest BCUT2D eigenvalue weighted by molar-refractivity contribution is -0.00972. The third kappa shape index (κ3) is 3.40. The van der Waals surface area contributed by atoms with Gasteiger partial charge in [-0.15, -0.1) is 0 Å². The number of rotatable bonds is 5. The van der Waals surface area contributed by atoms with Gasteiger partial charge in [-0.25, -0.2) is 0 Å². The van der Waals surface area contributed by atoms with E-state index in [4.69, 9.17) is 12.2 Å². The fraction of sp³-hybridized carbons (Fsp3) is 0.696. The van der Waals surface area contributed by atoms with Crippen LogP contribution in [-0.4, -0.2) is 10.7 Å². The van der Waals surface area contributed by atoms with E-state index in [1.54, 1.807) is 0 Å². The molecule has 0 amide bonds. The summed E-state index contributed by atoms with van der Waals surface area (Å²) >= 11 is 5.83. The number of aryl methyl sites for hydroxylation is 3. The van der Waals surface area contributed by atoms with Gasteiger partial charge in [0.1, 0.15) is 0 Å². The first-order valence-electron chi connectivity index (χ1n) is 10.8. The highest BCUT2D eigenvalue weighted by Gasteiger charge is 2.51. The molecule has 5 rings (SSSR count). The monoisotopic (exact) mass is 370 g/mol. The number of nitrogens with one attached hydrogen (secondary N) is 2. The summed E-state index contributed by atoms with van der Waals surface area (Å²) in [5, 5.41) is 8.30. The molecule has 0 unspecified atom stereocenters. The van der Waals surface area contributed by atoms with Crippen LogP contribution in [0.25, 0.3) is 0 Å². The minimum absolute atomic E-state index is 0.279. The molecule has 26 heavy (non-hydrogen) atoms. The summed E-state index contributed by atoms with van der Waals surface area (Å²) < 4.78 is 0. The lowest BCUT2D eigenvalue weighted by Crippen LogP contribution is -2.60. The average Bonchev–Trinajstić information content (AvgIpc) is 2.60. The van der Waals surface area contributed by atoms with Gasteiger partial charge in [0.15, 0.2) is 5.11 Å². The van der Waals surface area contributed by atoms with Crippen LogP contribution in [0.5, 0.6) is 0 Å². The first kappa shape index (κ1) is 18.3. The summed E-state index contributed by atoms with van der Waals surface area (Å²) in [6.45, 7) is 6.73. The Bertz CT molecular complexity index is 633. The van der Waals surface area contributed by atoms with Crippen LogP contribution < -0.4 is 10.6 Å². The maximum atomic E-state index is 5.83. The quantitative estimate of drug-likeness (QED) is 0.657. The Morgan fingerprint density at radius 2 is 1.42 bits per heavy atom. The van der Waals surface area contributed by atoms with Crippen molar-refractivity contribution in [2.24, 2.45) is 17.8 Å². The van der Waals surface area contributed by atoms with E-state index in [1.807, 2.05) is 0 Å². The summed E-state index contributed by atoms with van der Waals surface area (Å²) in [5.41, 5.74) is 5.77. The summed E-state index contributed by atoms with van der Waals surface area (Å²) in [4.78, 5) is 0. The van der Waals surface area contributed by atoms with Crippen molar-refractivity contribution in [3.05, 3.63) is 28.8 Å². The van der Waals surface area contributed by atoms with Gasteiger partial charge in [-0.05, 0) is 104 Å². The zero-order chi connectivity index (χ0) is 18.3. The van der Waals surface area contributed by atoms with Gasteiger partial charge in [-0.2, -0.15) is 0 Å². The molecule has 4 aliphatic rings. The van der Waals surface area contributed by atoms with Crippen molar-refractivity contribution in [2.75, 3.05) is 5.32 Å². The van der Waals surface area contributed by atoms with E-state index in [9.17, 15) is 0 Å². The van der Waals surface area contributed by atoms with Gasteiger partial charge in [-0.3, -0.25) is 0 Å². The Morgan fingerprint density at radius 1 is 0.923 bits per heavy atom. The maximum Gasteiger partial charge on any atom is 0.171 e. The molecule has 4 fully saturated rings. The molecule has 0 heterocycles. The fourth-order valence-corrected chi connectivity index (χ4v) is 6.73. The number of anilines is 1. The van der Waals surface area contributed by atoms with Gasteiger partial charge in [0.25, 0.3) is 0 Å². The third-order valence-electron chi connectivity index (χ3n) is 7.19. The third-order valence-corrected chi connectivity index (χ3v) is 7.39. The van der Waals surface area contributed by atoms with E-state index in [2.05, 4.69) is 43.5 Å². The maximum absolute atomic E-state index is 5.83. The lowest BCUT2D eigenvalue weighted by Gasteiger charge is -2.57. The van der Waals surface area contributed by atoms with Gasteiger partial charge in [0.2, 0.25) is 0 Å². The minimum Gasteiger partial charge on any atom is -0.357 e. The van der Waals surface area contributed by atoms with Gasteiger partial charge in [0, 0.05) is 11.2 Å². The summed E-state index contributed by atoms with van der Waals surface area (Å²) in [6.07, 6.45) is 11.6. The number of hydrogen-bond donors (Lipinski definition) is 2. The van der Waals surface area contributed by atoms with E-state index < -0.39 is 0 Å². The predicted molar refractivity (Wildman–Crippen MR) is 115 cm³/mol. The molecular formula is C23H34N2S. The van der Waals surface area contributed by atoms with Gasteiger partial charge in [0.05, 0.1) is 0 Å². The van der Waals surface area contributed by atoms with Gasteiger partial charge in [-0.1, -0.05) is 32.9 Å². The topological polar surface area (TPSA) is 24.1 Å². The Hall–Kier alpha value is -1.09. The SMILES string of the molecule is CCc1cc(CC)c(NC(=S)NC23CC4CC(CC(C4)C2)C3)c(CC)c1. The zero-order valence-electron chi connectivity index (χ0n) is 16.7. The molecule has 0 saturated heterocycles. The van der Waals surface area contributed by atoms with Crippen LogP contribution in [0.4, 0.5) is 5.69 Å². The molecule has 4 bridgehead atoms. The fourth-order valence-electron chi connectivity index (χ4n) is 6.41. The van der Waals surface area contributed by atoms with E-state index in [1.165, 1.54) is 60.9 Å². The van der Waals surface area contributed by atoms with E-state index in [0.717, 1.165) is 42.1 Å². The molecule has 0 aromatic heterocycles. The molecule has 1 aromatic rings. The van der Waals surface area contributed by atoms with Gasteiger partial charge >= 0.3 is 0 Å². The van der Waals surface area contributed by atoms with Crippen LogP contribution in [0, 0.1) is 17.8 Å². The van der Waals surface area contributed by atoms with Crippen LogP contribution in [0.1, 0.15) is 76.0 Å². The Morgan fingerprint density at radius 3 is 1.85 bits per heavy atom. The van der Waals surface area contributed by atoms with Crippen LogP contribution >= 0.6 is 12.2 Å². The molecule has 0 atom stereocenters. The van der Waals surface area contributed by atoms with Crippen LogP contribution in [0.15, 0.2) is 12.1 Å². The van der Waals surface area contributed by atoms with E-state index in [0.29, 0.717) is 0 Å². The summed E-state index contributed by atoms with van der Waals surface area (Å²) in [5.74, 6) is 2.83. The van der Waals surface area contributed by atoms with Crippen LogP contribution in [0.3, 0.4) is 0 Å². The summed E-state index contributed by atoms with van der Waals surface area (Å²) in [6, 6.07) is 4.71. The first-order chi connectivity index (χ1) is 12.5. The van der Waals surface area contributed by atoms with Crippen molar-refractivity contribution in [1.29, 1.82) is 0 Å². The molecule has 0 radical (unpaired) electrons.